The monoisotopic (exact) mass is 424 g/mol. The summed E-state index contributed by atoms with van der Waals surface area (Å²) < 4.78 is 20.0. The van der Waals surface area contributed by atoms with Gasteiger partial charge in [-0.1, -0.05) is 30.3 Å². The molecule has 0 spiro atoms. The summed E-state index contributed by atoms with van der Waals surface area (Å²) in [4.78, 5) is 12.2. The zero-order valence-corrected chi connectivity index (χ0v) is 16.6. The van der Waals surface area contributed by atoms with Crippen molar-refractivity contribution in [1.29, 1.82) is 0 Å². The average molecular weight is 425 g/mol. The molecule has 1 aromatic carbocycles. The van der Waals surface area contributed by atoms with Gasteiger partial charge in [0.25, 0.3) is 0 Å². The third kappa shape index (κ3) is 5.82. The number of rotatable bonds is 8. The van der Waals surface area contributed by atoms with Crippen LogP contribution in [0, 0.1) is 0 Å². The van der Waals surface area contributed by atoms with Crippen LogP contribution in [-0.4, -0.2) is 58.6 Å². The SMILES string of the molecule is O=C(NCc1ccccc1)N(O)C1CCOP(=O)(N(CCCl)CCCl)N1. The van der Waals surface area contributed by atoms with Gasteiger partial charge in [0, 0.05) is 37.8 Å². The Kier molecular flexibility index (Phi) is 8.63. The predicted molar refractivity (Wildman–Crippen MR) is 100 cm³/mol. The number of hydrogen-bond donors (Lipinski definition) is 3. The van der Waals surface area contributed by atoms with Gasteiger partial charge >= 0.3 is 13.7 Å². The minimum atomic E-state index is -3.45. The average Bonchev–Trinajstić information content (AvgIpc) is 2.66. The fraction of sp³-hybridized carbons (Fsp3) is 0.533. The normalized spacial score (nSPS) is 23.0. The van der Waals surface area contributed by atoms with Gasteiger partial charge in [0.2, 0.25) is 0 Å². The molecule has 11 heteroatoms. The van der Waals surface area contributed by atoms with E-state index >= 15 is 0 Å². The van der Waals surface area contributed by atoms with E-state index in [1.165, 1.54) is 4.67 Å². The number of nitrogens with zero attached hydrogens (tertiary/aromatic N) is 2. The lowest BCUT2D eigenvalue weighted by Crippen LogP contribution is -2.53. The van der Waals surface area contributed by atoms with Crippen molar-refractivity contribution < 1.29 is 19.1 Å². The molecule has 2 rings (SSSR count). The number of alkyl halides is 2. The molecule has 2 unspecified atom stereocenters. The largest absolute Gasteiger partial charge is 0.345 e. The Labute approximate surface area is 162 Å². The zero-order valence-electron chi connectivity index (χ0n) is 14.2. The van der Waals surface area contributed by atoms with Crippen LogP contribution < -0.4 is 10.4 Å². The van der Waals surface area contributed by atoms with E-state index in [1.54, 1.807) is 0 Å². The maximum Gasteiger partial charge on any atom is 0.345 e. The van der Waals surface area contributed by atoms with Crippen molar-refractivity contribution in [3.8, 4) is 0 Å². The number of halogens is 2. The van der Waals surface area contributed by atoms with Crippen LogP contribution >= 0.6 is 30.9 Å². The zero-order chi connectivity index (χ0) is 19.0. The summed E-state index contributed by atoms with van der Waals surface area (Å²) in [6.07, 6.45) is -0.562. The smallest absolute Gasteiger partial charge is 0.332 e. The second-order valence-electron chi connectivity index (χ2n) is 5.61. The number of urea groups is 1. The summed E-state index contributed by atoms with van der Waals surface area (Å²) >= 11 is 11.5. The third-order valence-corrected chi connectivity index (χ3v) is 6.46. The number of hydroxylamine groups is 2. The summed E-state index contributed by atoms with van der Waals surface area (Å²) in [5, 5.41) is 16.1. The topological polar surface area (TPSA) is 94.1 Å². The minimum Gasteiger partial charge on any atom is -0.332 e. The van der Waals surface area contributed by atoms with E-state index in [-0.39, 0.29) is 31.3 Å². The number of carbonyl (C=O) groups excluding carboxylic acids is 1. The van der Waals surface area contributed by atoms with Gasteiger partial charge in [0.05, 0.1) is 6.61 Å². The molecule has 2 atom stereocenters. The molecule has 3 N–H and O–H groups in total. The van der Waals surface area contributed by atoms with Gasteiger partial charge in [-0.3, -0.25) is 9.77 Å². The van der Waals surface area contributed by atoms with Crippen molar-refractivity contribution in [3.63, 3.8) is 0 Å². The molecular formula is C15H23Cl2N4O4P. The van der Waals surface area contributed by atoms with Gasteiger partial charge in [-0.2, -0.15) is 5.06 Å². The lowest BCUT2D eigenvalue weighted by molar-refractivity contribution is -0.0925. The van der Waals surface area contributed by atoms with E-state index in [0.717, 1.165) is 5.56 Å². The van der Waals surface area contributed by atoms with Crippen LogP contribution in [0.15, 0.2) is 30.3 Å². The molecule has 26 heavy (non-hydrogen) atoms. The van der Waals surface area contributed by atoms with Gasteiger partial charge in [0.1, 0.15) is 6.17 Å². The molecule has 1 fully saturated rings. The Balaban J connectivity index is 1.96. The highest BCUT2D eigenvalue weighted by Crippen LogP contribution is 2.49. The predicted octanol–water partition coefficient (Wildman–Crippen LogP) is 2.81. The summed E-state index contributed by atoms with van der Waals surface area (Å²) in [5.41, 5.74) is 0.898. The van der Waals surface area contributed by atoms with Crippen LogP contribution in [0.4, 0.5) is 4.79 Å². The lowest BCUT2D eigenvalue weighted by atomic mass is 10.2. The number of amides is 2. The van der Waals surface area contributed by atoms with E-state index < -0.39 is 19.9 Å². The van der Waals surface area contributed by atoms with E-state index in [2.05, 4.69) is 10.4 Å². The summed E-state index contributed by atoms with van der Waals surface area (Å²) in [6, 6.07) is 8.62. The van der Waals surface area contributed by atoms with Gasteiger partial charge in [-0.25, -0.2) is 14.6 Å². The van der Waals surface area contributed by atoms with Crippen molar-refractivity contribution in [2.75, 3.05) is 31.5 Å². The Morgan fingerprint density at radius 3 is 2.58 bits per heavy atom. The molecule has 1 aromatic rings. The summed E-state index contributed by atoms with van der Waals surface area (Å²) in [6.45, 7) is 0.995. The van der Waals surface area contributed by atoms with Crippen LogP contribution in [0.5, 0.6) is 0 Å². The Morgan fingerprint density at radius 1 is 1.31 bits per heavy atom. The Hall–Kier alpha value is -0.860. The summed E-state index contributed by atoms with van der Waals surface area (Å²) in [5.74, 6) is 0.494. The standard InChI is InChI=1S/C15H23Cl2N4O4P/c16-7-9-20(10-8-17)26(24)19-14(6-11-25-26)21(23)15(22)18-12-13-4-2-1-3-5-13/h1-5,14,23H,6-12H2,(H,18,22)(H,19,24). The number of carbonyl (C=O) groups is 1. The van der Waals surface area contributed by atoms with Crippen molar-refractivity contribution in [2.24, 2.45) is 0 Å². The van der Waals surface area contributed by atoms with E-state index in [1.807, 2.05) is 30.3 Å². The first-order valence-corrected chi connectivity index (χ1v) is 10.8. The van der Waals surface area contributed by atoms with Crippen LogP contribution in [0.3, 0.4) is 0 Å². The second kappa shape index (κ2) is 10.5. The van der Waals surface area contributed by atoms with Gasteiger partial charge in [-0.05, 0) is 5.56 Å². The maximum absolute atomic E-state index is 13.0. The van der Waals surface area contributed by atoms with E-state index in [4.69, 9.17) is 27.7 Å². The molecule has 0 aliphatic carbocycles. The molecule has 1 aliphatic heterocycles. The summed E-state index contributed by atoms with van der Waals surface area (Å²) in [7, 11) is -3.45. The fourth-order valence-electron chi connectivity index (χ4n) is 2.48. The first-order valence-electron chi connectivity index (χ1n) is 8.20. The number of benzene rings is 1. The molecule has 1 heterocycles. The van der Waals surface area contributed by atoms with Crippen molar-refractivity contribution in [1.82, 2.24) is 20.1 Å². The van der Waals surface area contributed by atoms with Crippen LogP contribution in [0.1, 0.15) is 12.0 Å². The number of nitrogens with one attached hydrogen (secondary N) is 2. The fourth-order valence-corrected chi connectivity index (χ4v) is 5.22. The van der Waals surface area contributed by atoms with Crippen molar-refractivity contribution in [2.45, 2.75) is 19.1 Å². The Morgan fingerprint density at radius 2 is 1.96 bits per heavy atom. The van der Waals surface area contributed by atoms with Gasteiger partial charge < -0.3 is 9.84 Å². The van der Waals surface area contributed by atoms with Crippen LogP contribution in [-0.2, 0) is 15.6 Å². The highest BCUT2D eigenvalue weighted by molar-refractivity contribution is 7.54. The number of hydrogen-bond acceptors (Lipinski definition) is 4. The lowest BCUT2D eigenvalue weighted by Gasteiger charge is -2.39. The first kappa shape index (κ1) is 21.4. The third-order valence-electron chi connectivity index (χ3n) is 3.82. The first-order chi connectivity index (χ1) is 12.5. The molecule has 1 saturated heterocycles. The molecule has 0 bridgehead atoms. The van der Waals surface area contributed by atoms with Crippen LogP contribution in [0.25, 0.3) is 0 Å². The minimum absolute atomic E-state index is 0.124. The molecule has 8 nitrogen and oxygen atoms in total. The van der Waals surface area contributed by atoms with Crippen LogP contribution in [0.2, 0.25) is 0 Å². The molecule has 0 radical (unpaired) electrons. The molecule has 1 aliphatic rings. The van der Waals surface area contributed by atoms with Gasteiger partial charge in [0.15, 0.2) is 0 Å². The van der Waals surface area contributed by atoms with E-state index in [0.29, 0.717) is 18.2 Å². The van der Waals surface area contributed by atoms with Gasteiger partial charge in [-0.15, -0.1) is 23.2 Å². The molecule has 146 valence electrons. The highest BCUT2D eigenvalue weighted by Gasteiger charge is 2.40. The molecule has 0 saturated carbocycles. The van der Waals surface area contributed by atoms with Crippen molar-refractivity contribution >= 4 is 36.9 Å². The Bertz CT molecular complexity index is 619. The second-order valence-corrected chi connectivity index (χ2v) is 8.49. The van der Waals surface area contributed by atoms with Crippen molar-refractivity contribution in [3.05, 3.63) is 35.9 Å². The van der Waals surface area contributed by atoms with E-state index in [9.17, 15) is 14.6 Å². The molecular weight excluding hydrogens is 402 g/mol. The maximum atomic E-state index is 13.0. The molecule has 2 amide bonds. The highest BCUT2D eigenvalue weighted by atomic mass is 35.5. The molecule has 0 aromatic heterocycles. The quantitative estimate of drug-likeness (QED) is 0.257.